The Bertz CT molecular complexity index is 740. The van der Waals surface area contributed by atoms with E-state index in [2.05, 4.69) is 31.7 Å². The molecule has 0 radical (unpaired) electrons. The summed E-state index contributed by atoms with van der Waals surface area (Å²) < 4.78 is 6.02. The number of nitrogens with one attached hydrogen (secondary N) is 2. The Morgan fingerprint density at radius 2 is 2.04 bits per heavy atom. The predicted octanol–water partition coefficient (Wildman–Crippen LogP) is 2.98. The van der Waals surface area contributed by atoms with Crippen LogP contribution < -0.4 is 10.6 Å². The van der Waals surface area contributed by atoms with Crippen LogP contribution in [0, 0.1) is 13.8 Å². The smallest absolute Gasteiger partial charge is 0.257 e. The standard InChI is InChI=1S/C16H18BrN3O3/c1-4-13-15(10(3)20-23-13)16(22)18-8-14(21)19-12-6-5-11(17)7-9(12)2/h5-7H,4,8H2,1-3H3,(H,18,22)(H,19,21). The van der Waals surface area contributed by atoms with Crippen molar-refractivity contribution in [2.45, 2.75) is 27.2 Å². The zero-order valence-electron chi connectivity index (χ0n) is 13.2. The minimum atomic E-state index is -0.358. The number of anilines is 1. The minimum absolute atomic E-state index is 0.123. The summed E-state index contributed by atoms with van der Waals surface area (Å²) in [6.45, 7) is 5.34. The van der Waals surface area contributed by atoms with E-state index in [0.717, 1.165) is 10.0 Å². The number of rotatable bonds is 5. The first-order valence-electron chi connectivity index (χ1n) is 7.21. The number of hydrogen-bond acceptors (Lipinski definition) is 4. The molecule has 122 valence electrons. The molecule has 0 atom stereocenters. The van der Waals surface area contributed by atoms with Gasteiger partial charge in [-0.2, -0.15) is 0 Å². The first-order valence-corrected chi connectivity index (χ1v) is 8.01. The van der Waals surface area contributed by atoms with Crippen molar-refractivity contribution in [3.8, 4) is 0 Å². The SMILES string of the molecule is CCc1onc(C)c1C(=O)NCC(=O)Nc1ccc(Br)cc1C. The van der Waals surface area contributed by atoms with Gasteiger partial charge in [0.05, 0.1) is 12.2 Å². The molecule has 0 aliphatic heterocycles. The lowest BCUT2D eigenvalue weighted by atomic mass is 10.1. The van der Waals surface area contributed by atoms with E-state index >= 15 is 0 Å². The second-order valence-corrected chi connectivity index (χ2v) is 6.03. The zero-order chi connectivity index (χ0) is 17.0. The van der Waals surface area contributed by atoms with Crippen LogP contribution >= 0.6 is 15.9 Å². The fourth-order valence-electron chi connectivity index (χ4n) is 2.16. The molecule has 2 amide bonds. The van der Waals surface area contributed by atoms with Gasteiger partial charge in [0.2, 0.25) is 5.91 Å². The third-order valence-corrected chi connectivity index (χ3v) is 3.85. The van der Waals surface area contributed by atoms with Crippen molar-refractivity contribution in [3.05, 3.63) is 45.3 Å². The Kier molecular flexibility index (Phi) is 5.54. The highest BCUT2D eigenvalue weighted by Gasteiger charge is 2.19. The molecular weight excluding hydrogens is 362 g/mol. The van der Waals surface area contributed by atoms with Gasteiger partial charge >= 0.3 is 0 Å². The number of amides is 2. The third-order valence-electron chi connectivity index (χ3n) is 3.35. The summed E-state index contributed by atoms with van der Waals surface area (Å²) in [6.07, 6.45) is 0.563. The number of aromatic nitrogens is 1. The van der Waals surface area contributed by atoms with Gasteiger partial charge in [0.1, 0.15) is 11.3 Å². The molecular formula is C16H18BrN3O3. The summed E-state index contributed by atoms with van der Waals surface area (Å²) in [5, 5.41) is 9.14. The lowest BCUT2D eigenvalue weighted by molar-refractivity contribution is -0.115. The lowest BCUT2D eigenvalue weighted by Gasteiger charge is -2.09. The van der Waals surface area contributed by atoms with Crippen LogP contribution in [0.1, 0.15) is 34.3 Å². The number of benzene rings is 1. The molecule has 0 saturated heterocycles. The molecule has 0 aliphatic carbocycles. The first-order chi connectivity index (χ1) is 10.9. The normalized spacial score (nSPS) is 10.4. The molecule has 0 aliphatic rings. The molecule has 23 heavy (non-hydrogen) atoms. The fourth-order valence-corrected chi connectivity index (χ4v) is 2.64. The van der Waals surface area contributed by atoms with E-state index in [0.29, 0.717) is 29.1 Å². The first kappa shape index (κ1) is 17.2. The van der Waals surface area contributed by atoms with Crippen LogP contribution in [-0.2, 0) is 11.2 Å². The summed E-state index contributed by atoms with van der Waals surface area (Å²) in [6, 6.07) is 5.55. The molecule has 0 fully saturated rings. The van der Waals surface area contributed by atoms with Crippen molar-refractivity contribution in [2.24, 2.45) is 0 Å². The zero-order valence-corrected chi connectivity index (χ0v) is 14.8. The Morgan fingerprint density at radius 3 is 2.70 bits per heavy atom. The number of halogens is 1. The van der Waals surface area contributed by atoms with Crippen LogP contribution in [0.3, 0.4) is 0 Å². The molecule has 2 rings (SSSR count). The average Bonchev–Trinajstić information content (AvgIpc) is 2.88. The molecule has 2 aromatic rings. The Hall–Kier alpha value is -2.15. The van der Waals surface area contributed by atoms with Gasteiger partial charge in [-0.3, -0.25) is 9.59 Å². The van der Waals surface area contributed by atoms with E-state index in [-0.39, 0.29) is 18.4 Å². The second kappa shape index (κ2) is 7.41. The highest BCUT2D eigenvalue weighted by atomic mass is 79.9. The van der Waals surface area contributed by atoms with Crippen molar-refractivity contribution in [1.29, 1.82) is 0 Å². The van der Waals surface area contributed by atoms with Crippen LogP contribution in [0.2, 0.25) is 0 Å². The molecule has 0 spiro atoms. The molecule has 6 nitrogen and oxygen atoms in total. The second-order valence-electron chi connectivity index (χ2n) is 5.11. The van der Waals surface area contributed by atoms with Crippen molar-refractivity contribution in [3.63, 3.8) is 0 Å². The molecule has 0 unspecified atom stereocenters. The number of aryl methyl sites for hydroxylation is 3. The summed E-state index contributed by atoms with van der Waals surface area (Å²) >= 11 is 3.37. The number of carbonyl (C=O) groups excluding carboxylic acids is 2. The number of carbonyl (C=O) groups is 2. The van der Waals surface area contributed by atoms with Crippen LogP contribution in [0.25, 0.3) is 0 Å². The lowest BCUT2D eigenvalue weighted by Crippen LogP contribution is -2.33. The quantitative estimate of drug-likeness (QED) is 0.835. The summed E-state index contributed by atoms with van der Waals surface area (Å²) in [7, 11) is 0. The maximum atomic E-state index is 12.2. The van der Waals surface area contributed by atoms with Gasteiger partial charge in [0.15, 0.2) is 0 Å². The van der Waals surface area contributed by atoms with Gasteiger partial charge < -0.3 is 15.2 Å². The van der Waals surface area contributed by atoms with Gasteiger partial charge in [-0.25, -0.2) is 0 Å². The van der Waals surface area contributed by atoms with Crippen molar-refractivity contribution in [2.75, 3.05) is 11.9 Å². The molecule has 7 heteroatoms. The molecule has 0 bridgehead atoms. The van der Waals surface area contributed by atoms with E-state index in [9.17, 15) is 9.59 Å². The highest BCUT2D eigenvalue weighted by Crippen LogP contribution is 2.19. The van der Waals surface area contributed by atoms with E-state index in [1.54, 1.807) is 13.0 Å². The summed E-state index contributed by atoms with van der Waals surface area (Å²) in [4.78, 5) is 24.2. The molecule has 1 heterocycles. The van der Waals surface area contributed by atoms with Crippen molar-refractivity contribution >= 4 is 33.4 Å². The van der Waals surface area contributed by atoms with Crippen LogP contribution in [0.4, 0.5) is 5.69 Å². The van der Waals surface area contributed by atoms with Crippen LogP contribution in [0.15, 0.2) is 27.2 Å². The third kappa shape index (κ3) is 4.19. The Morgan fingerprint density at radius 1 is 1.30 bits per heavy atom. The Balaban J connectivity index is 1.96. The van der Waals surface area contributed by atoms with Gasteiger partial charge in [-0.15, -0.1) is 0 Å². The summed E-state index contributed by atoms with van der Waals surface area (Å²) in [5.74, 6) is -0.136. The topological polar surface area (TPSA) is 84.2 Å². The highest BCUT2D eigenvalue weighted by molar-refractivity contribution is 9.10. The number of nitrogens with zero attached hydrogens (tertiary/aromatic N) is 1. The van der Waals surface area contributed by atoms with E-state index in [1.165, 1.54) is 0 Å². The maximum absolute atomic E-state index is 12.2. The molecule has 1 aromatic heterocycles. The van der Waals surface area contributed by atoms with E-state index in [4.69, 9.17) is 4.52 Å². The molecule has 0 saturated carbocycles. The van der Waals surface area contributed by atoms with Gasteiger partial charge in [-0.1, -0.05) is 28.0 Å². The van der Waals surface area contributed by atoms with Gasteiger partial charge in [0.25, 0.3) is 5.91 Å². The van der Waals surface area contributed by atoms with Gasteiger partial charge in [0, 0.05) is 16.6 Å². The molecule has 2 N–H and O–H groups in total. The van der Waals surface area contributed by atoms with E-state index < -0.39 is 0 Å². The average molecular weight is 380 g/mol. The predicted molar refractivity (Wildman–Crippen MR) is 90.5 cm³/mol. The largest absolute Gasteiger partial charge is 0.360 e. The van der Waals surface area contributed by atoms with E-state index in [1.807, 2.05) is 26.0 Å². The Labute approximate surface area is 142 Å². The molecule has 1 aromatic carbocycles. The van der Waals surface area contributed by atoms with Crippen molar-refractivity contribution in [1.82, 2.24) is 10.5 Å². The summed E-state index contributed by atoms with van der Waals surface area (Å²) in [5.41, 5.74) is 2.56. The van der Waals surface area contributed by atoms with Gasteiger partial charge in [-0.05, 0) is 37.6 Å². The van der Waals surface area contributed by atoms with Crippen LogP contribution in [-0.4, -0.2) is 23.5 Å². The van der Waals surface area contributed by atoms with Crippen molar-refractivity contribution < 1.29 is 14.1 Å². The monoisotopic (exact) mass is 379 g/mol. The maximum Gasteiger partial charge on any atom is 0.257 e. The van der Waals surface area contributed by atoms with Crippen LogP contribution in [0.5, 0.6) is 0 Å². The minimum Gasteiger partial charge on any atom is -0.360 e. The fraction of sp³-hybridized carbons (Fsp3) is 0.312. The number of hydrogen-bond donors (Lipinski definition) is 2.